The van der Waals surface area contributed by atoms with Gasteiger partial charge in [-0.3, -0.25) is 9.20 Å². The minimum absolute atomic E-state index is 0.0568. The van der Waals surface area contributed by atoms with E-state index in [9.17, 15) is 13.6 Å². The number of halogens is 2. The first-order valence-electron chi connectivity index (χ1n) is 15.4. The average Bonchev–Trinajstić information content (AvgIpc) is 3.81. The molecule has 4 bridgehead atoms. The number of carbonyl (C=O) groups excluding carboxylic acids is 1. The van der Waals surface area contributed by atoms with Gasteiger partial charge in [-0.1, -0.05) is 32.0 Å². The highest BCUT2D eigenvalue weighted by atomic mass is 19.1. The quantitative estimate of drug-likeness (QED) is 0.271. The maximum atomic E-state index is 14.7. The maximum Gasteiger partial charge on any atom is 0.242 e. The van der Waals surface area contributed by atoms with Gasteiger partial charge in [0, 0.05) is 36.5 Å². The largest absolute Gasteiger partial charge is 0.488 e. The van der Waals surface area contributed by atoms with E-state index in [4.69, 9.17) is 4.74 Å². The van der Waals surface area contributed by atoms with Gasteiger partial charge in [-0.25, -0.2) is 28.4 Å². The van der Waals surface area contributed by atoms with E-state index < -0.39 is 17.7 Å². The fraction of sp³-hybridized carbons (Fsp3) is 0.265. The van der Waals surface area contributed by atoms with E-state index in [0.29, 0.717) is 42.1 Å². The molecular formula is C34H32F2N8O2. The lowest BCUT2D eigenvalue weighted by Crippen LogP contribution is -2.44. The number of hydrogen-bond donors (Lipinski definition) is 1. The van der Waals surface area contributed by atoms with Gasteiger partial charge in [-0.05, 0) is 49.2 Å². The summed E-state index contributed by atoms with van der Waals surface area (Å²) in [7, 11) is 0. The van der Waals surface area contributed by atoms with Gasteiger partial charge in [0.1, 0.15) is 47.2 Å². The van der Waals surface area contributed by atoms with Crippen LogP contribution in [0.2, 0.25) is 0 Å². The van der Waals surface area contributed by atoms with Crippen LogP contribution in [-0.2, 0) is 11.2 Å². The topological polar surface area (TPSA) is 102 Å². The van der Waals surface area contributed by atoms with E-state index in [1.807, 2.05) is 55.3 Å². The van der Waals surface area contributed by atoms with E-state index in [2.05, 4.69) is 41.9 Å². The Morgan fingerprint density at radius 2 is 1.85 bits per heavy atom. The summed E-state index contributed by atoms with van der Waals surface area (Å²) >= 11 is 0. The van der Waals surface area contributed by atoms with Crippen molar-refractivity contribution in [3.63, 3.8) is 0 Å². The van der Waals surface area contributed by atoms with E-state index in [1.54, 1.807) is 0 Å². The number of aryl methyl sites for hydroxylation is 1. The molecule has 1 amide bonds. The first-order chi connectivity index (χ1) is 22.5. The number of aromatic nitrogens is 6. The van der Waals surface area contributed by atoms with Gasteiger partial charge in [0.15, 0.2) is 11.5 Å². The van der Waals surface area contributed by atoms with Crippen LogP contribution in [0.4, 0.5) is 14.6 Å². The van der Waals surface area contributed by atoms with Crippen LogP contribution in [0.25, 0.3) is 33.6 Å². The molecule has 1 saturated heterocycles. The van der Waals surface area contributed by atoms with Gasteiger partial charge in [0.25, 0.3) is 0 Å². The molecule has 2 aliphatic heterocycles. The number of rotatable bonds is 2. The highest BCUT2D eigenvalue weighted by Crippen LogP contribution is 2.34. The van der Waals surface area contributed by atoms with Gasteiger partial charge < -0.3 is 15.0 Å². The van der Waals surface area contributed by atoms with Crippen LogP contribution in [0.3, 0.4) is 0 Å². The summed E-state index contributed by atoms with van der Waals surface area (Å²) in [5, 5.41) is 7.99. The van der Waals surface area contributed by atoms with Crippen molar-refractivity contribution in [3.05, 3.63) is 96.7 Å². The fourth-order valence-electron chi connectivity index (χ4n) is 6.28. The third kappa shape index (κ3) is 5.19. The van der Waals surface area contributed by atoms with Crippen molar-refractivity contribution in [3.8, 4) is 22.7 Å². The Balaban J connectivity index is 0.00000166. The van der Waals surface area contributed by atoms with Crippen LogP contribution < -0.4 is 15.0 Å². The first kappa shape index (κ1) is 29.3. The molecule has 0 saturated carbocycles. The zero-order valence-electron chi connectivity index (χ0n) is 25.4. The third-order valence-corrected chi connectivity index (χ3v) is 8.26. The third-order valence-electron chi connectivity index (χ3n) is 8.26. The van der Waals surface area contributed by atoms with Crippen molar-refractivity contribution in [2.75, 3.05) is 18.0 Å². The number of nitrogens with zero attached hydrogens (tertiary/aromatic N) is 7. The van der Waals surface area contributed by atoms with Gasteiger partial charge in [0.2, 0.25) is 5.91 Å². The Hall–Kier alpha value is -5.39. The van der Waals surface area contributed by atoms with Crippen LogP contribution in [0.1, 0.15) is 32.4 Å². The highest BCUT2D eigenvalue weighted by molar-refractivity contribution is 5.92. The van der Waals surface area contributed by atoms with E-state index in [0.717, 1.165) is 41.5 Å². The normalized spacial score (nSPS) is 17.9. The molecule has 6 aromatic rings. The number of benzene rings is 2. The fourth-order valence-corrected chi connectivity index (χ4v) is 6.28. The van der Waals surface area contributed by atoms with Crippen molar-refractivity contribution in [2.24, 2.45) is 0 Å². The number of amides is 1. The lowest BCUT2D eigenvalue weighted by molar-refractivity contribution is -0.122. The number of anilines is 1. The zero-order chi connectivity index (χ0) is 31.8. The maximum absolute atomic E-state index is 14.7. The number of fused-ring (bicyclic) bond motifs is 6. The molecule has 2 aromatic carbocycles. The number of pyridine rings is 1. The standard InChI is InChI=1S/C32H26F2N8O2.C2H6/c33-20-9-10-27(25(34)13-20)42-31-24(16-39-42)30(37-18-38-31)40-17-23-14-28(40)32(43)35-11-3-5-21-15-36-29-8-2-7-26(41(21)29)19-4-1-6-22(12-19)44-23;1-2/h1-2,4,6-10,12-13,15-16,18,23,28H,3,5,11,14,17H2,(H,35,43);1-2H3/t23?,28-;/m0./s1. The molecule has 1 unspecified atom stereocenters. The van der Waals surface area contributed by atoms with E-state index >= 15 is 0 Å². The molecule has 2 atom stereocenters. The lowest BCUT2D eigenvalue weighted by atomic mass is 10.1. The molecular weight excluding hydrogens is 590 g/mol. The molecule has 1 N–H and O–H groups in total. The van der Waals surface area contributed by atoms with Gasteiger partial charge >= 0.3 is 0 Å². The predicted molar refractivity (Wildman–Crippen MR) is 170 cm³/mol. The van der Waals surface area contributed by atoms with E-state index in [1.165, 1.54) is 29.3 Å². The Morgan fingerprint density at radius 3 is 2.72 bits per heavy atom. The Kier molecular flexibility index (Phi) is 7.77. The summed E-state index contributed by atoms with van der Waals surface area (Å²) in [5.41, 5.74) is 4.34. The molecule has 10 nitrogen and oxygen atoms in total. The summed E-state index contributed by atoms with van der Waals surface area (Å²) in [5.74, 6) is -0.414. The summed E-state index contributed by atoms with van der Waals surface area (Å²) in [6.45, 7) is 4.87. The first-order valence-corrected chi connectivity index (χ1v) is 15.4. The number of carbonyl (C=O) groups is 1. The van der Waals surface area contributed by atoms with Crippen LogP contribution in [-0.4, -0.2) is 60.3 Å². The molecule has 0 aliphatic carbocycles. The molecule has 46 heavy (non-hydrogen) atoms. The van der Waals surface area contributed by atoms with Crippen LogP contribution in [0.5, 0.6) is 5.75 Å². The second kappa shape index (κ2) is 12.2. The average molecular weight is 623 g/mol. The van der Waals surface area contributed by atoms with Gasteiger partial charge in [0.05, 0.1) is 23.8 Å². The molecule has 234 valence electrons. The van der Waals surface area contributed by atoms with Gasteiger partial charge in [-0.2, -0.15) is 5.10 Å². The van der Waals surface area contributed by atoms with Crippen molar-refractivity contribution < 1.29 is 18.3 Å². The molecule has 8 rings (SSSR count). The SMILES string of the molecule is CC.O=C1NCCCc2cnc3cccc(n23)-c2cccc(c2)OC2C[C@@H]1N(c1ncnc3c1cnn3-c1ccc(F)cc1F)C2. The second-order valence-corrected chi connectivity index (χ2v) is 11.0. The Bertz CT molecular complexity index is 2060. The van der Waals surface area contributed by atoms with Crippen molar-refractivity contribution in [2.45, 2.75) is 45.3 Å². The van der Waals surface area contributed by atoms with Crippen LogP contribution in [0.15, 0.2) is 79.4 Å². The van der Waals surface area contributed by atoms with Crippen LogP contribution >= 0.6 is 0 Å². The summed E-state index contributed by atoms with van der Waals surface area (Å²) in [6.07, 6.45) is 6.37. The zero-order valence-corrected chi connectivity index (χ0v) is 25.4. The minimum Gasteiger partial charge on any atom is -0.488 e. The van der Waals surface area contributed by atoms with Crippen molar-refractivity contribution in [1.82, 2.24) is 34.4 Å². The highest BCUT2D eigenvalue weighted by Gasteiger charge is 2.40. The monoisotopic (exact) mass is 622 g/mol. The Labute approximate surface area is 263 Å². The second-order valence-electron chi connectivity index (χ2n) is 11.0. The predicted octanol–water partition coefficient (Wildman–Crippen LogP) is 5.52. The minimum atomic E-state index is -0.767. The van der Waals surface area contributed by atoms with Crippen molar-refractivity contribution >= 4 is 28.4 Å². The van der Waals surface area contributed by atoms with Crippen LogP contribution in [0, 0.1) is 11.6 Å². The Morgan fingerprint density at radius 1 is 0.978 bits per heavy atom. The molecule has 6 heterocycles. The number of nitrogens with one attached hydrogen (secondary N) is 1. The summed E-state index contributed by atoms with van der Waals surface area (Å²) in [4.78, 5) is 29.1. The molecule has 0 spiro atoms. The van der Waals surface area contributed by atoms with Gasteiger partial charge in [-0.15, -0.1) is 0 Å². The number of ether oxygens (including phenoxy) is 1. The lowest BCUT2D eigenvalue weighted by Gasteiger charge is -2.25. The molecule has 12 heteroatoms. The molecule has 1 fully saturated rings. The summed E-state index contributed by atoms with van der Waals surface area (Å²) < 4.78 is 38.2. The van der Waals surface area contributed by atoms with E-state index in [-0.39, 0.29) is 17.7 Å². The molecule has 2 aliphatic rings. The summed E-state index contributed by atoms with van der Waals surface area (Å²) in [6, 6.07) is 16.7. The smallest absolute Gasteiger partial charge is 0.242 e. The number of hydrogen-bond acceptors (Lipinski definition) is 7. The molecule has 4 aromatic heterocycles. The molecule has 0 radical (unpaired) electrons. The van der Waals surface area contributed by atoms with Crippen molar-refractivity contribution in [1.29, 1.82) is 0 Å². The number of imidazole rings is 1.